The van der Waals surface area contributed by atoms with Gasteiger partial charge in [0.15, 0.2) is 0 Å². The number of rotatable bonds is 3. The van der Waals surface area contributed by atoms with Gasteiger partial charge in [-0.15, -0.1) is 0 Å². The van der Waals surface area contributed by atoms with Crippen molar-refractivity contribution in [3.05, 3.63) is 52.6 Å². The normalized spacial score (nSPS) is 10.6. The van der Waals surface area contributed by atoms with E-state index in [-0.39, 0.29) is 5.69 Å². The highest BCUT2D eigenvalue weighted by atomic mass is 16.6. The summed E-state index contributed by atoms with van der Waals surface area (Å²) in [5.74, 6) is 0. The van der Waals surface area contributed by atoms with Gasteiger partial charge in [0.2, 0.25) is 0 Å². The summed E-state index contributed by atoms with van der Waals surface area (Å²) in [6, 6.07) is 4.64. The van der Waals surface area contributed by atoms with E-state index in [1.165, 1.54) is 12.1 Å². The van der Waals surface area contributed by atoms with E-state index in [1.54, 1.807) is 6.07 Å². The molecule has 1 rings (SSSR count). The maximum absolute atomic E-state index is 10.5. The van der Waals surface area contributed by atoms with Gasteiger partial charge in [-0.25, -0.2) is 0 Å². The molecule has 4 nitrogen and oxygen atoms in total. The minimum Gasteiger partial charge on any atom is -0.383 e. The van der Waals surface area contributed by atoms with Crippen LogP contribution in [-0.2, 0) is 0 Å². The van der Waals surface area contributed by atoms with Gasteiger partial charge in [-0.05, 0) is 36.4 Å². The quantitative estimate of drug-likeness (QED) is 0.562. The van der Waals surface area contributed by atoms with E-state index in [0.29, 0.717) is 5.56 Å². The molecule has 0 saturated heterocycles. The average Bonchev–Trinajstić information content (AvgIpc) is 2.15. The molecule has 0 N–H and O–H groups in total. The second kappa shape index (κ2) is 4.59. The Labute approximate surface area is 89.0 Å². The molecule has 0 aliphatic carbocycles. The van der Waals surface area contributed by atoms with Crippen LogP contribution in [0.15, 0.2) is 24.4 Å². The summed E-state index contributed by atoms with van der Waals surface area (Å²) < 4.78 is 0. The van der Waals surface area contributed by atoms with Crippen molar-refractivity contribution in [3.63, 3.8) is 0 Å². The summed E-state index contributed by atoms with van der Waals surface area (Å²) >= 11 is 0. The van der Waals surface area contributed by atoms with Crippen molar-refractivity contribution in [3.8, 4) is 0 Å². The fourth-order valence-electron chi connectivity index (χ4n) is 1.10. The summed E-state index contributed by atoms with van der Waals surface area (Å²) in [6.45, 7) is 3.77. The summed E-state index contributed by atoms with van der Waals surface area (Å²) in [5.41, 5.74) is 1.61. The van der Waals surface area contributed by atoms with Crippen LogP contribution in [0.3, 0.4) is 0 Å². The topological polar surface area (TPSA) is 46.4 Å². The standard InChI is InChI=1S/C11H13N2O2/c1-9-8-11(13(14)15)5-4-10(9)6-7-12(2)3/h4-8H,1H2,2-3H3. The van der Waals surface area contributed by atoms with Gasteiger partial charge in [0.1, 0.15) is 0 Å². The third kappa shape index (κ3) is 3.09. The van der Waals surface area contributed by atoms with Crippen LogP contribution in [0, 0.1) is 17.0 Å². The Hall–Kier alpha value is -1.84. The van der Waals surface area contributed by atoms with Gasteiger partial charge in [-0.1, -0.05) is 0 Å². The van der Waals surface area contributed by atoms with Crippen molar-refractivity contribution in [2.75, 3.05) is 14.1 Å². The van der Waals surface area contributed by atoms with Crippen LogP contribution in [0.2, 0.25) is 0 Å². The van der Waals surface area contributed by atoms with Crippen LogP contribution in [0.5, 0.6) is 0 Å². The third-order valence-electron chi connectivity index (χ3n) is 1.89. The van der Waals surface area contributed by atoms with E-state index in [9.17, 15) is 10.1 Å². The molecule has 0 aliphatic rings. The number of hydrogen-bond acceptors (Lipinski definition) is 3. The largest absolute Gasteiger partial charge is 0.383 e. The second-order valence-electron chi connectivity index (χ2n) is 3.42. The Morgan fingerprint density at radius 3 is 2.60 bits per heavy atom. The molecule has 0 aromatic heterocycles. The number of nitro groups is 1. The number of benzene rings is 1. The first-order valence-corrected chi connectivity index (χ1v) is 4.45. The summed E-state index contributed by atoms with van der Waals surface area (Å²) in [6.07, 6.45) is 3.74. The van der Waals surface area contributed by atoms with Gasteiger partial charge in [-0.3, -0.25) is 10.1 Å². The number of hydrogen-bond donors (Lipinski definition) is 0. The van der Waals surface area contributed by atoms with Crippen LogP contribution >= 0.6 is 0 Å². The highest BCUT2D eigenvalue weighted by molar-refractivity contribution is 5.57. The molecule has 1 aromatic rings. The zero-order chi connectivity index (χ0) is 11.4. The molecule has 0 amide bonds. The summed E-state index contributed by atoms with van der Waals surface area (Å²) in [4.78, 5) is 11.9. The molecule has 0 saturated carbocycles. The molecule has 0 spiro atoms. The number of nitrogens with zero attached hydrogens (tertiary/aromatic N) is 2. The van der Waals surface area contributed by atoms with Gasteiger partial charge < -0.3 is 4.90 Å². The van der Waals surface area contributed by atoms with Crippen molar-refractivity contribution in [2.24, 2.45) is 0 Å². The van der Waals surface area contributed by atoms with E-state index in [4.69, 9.17) is 0 Å². The molecule has 0 heterocycles. The Kier molecular flexibility index (Phi) is 3.44. The lowest BCUT2D eigenvalue weighted by Crippen LogP contribution is -1.99. The Morgan fingerprint density at radius 1 is 1.47 bits per heavy atom. The molecule has 4 heteroatoms. The van der Waals surface area contributed by atoms with Crippen LogP contribution in [0.1, 0.15) is 11.1 Å². The van der Waals surface area contributed by atoms with Crippen LogP contribution in [0.25, 0.3) is 6.08 Å². The van der Waals surface area contributed by atoms with Crippen molar-refractivity contribution >= 4 is 11.8 Å². The molecule has 0 unspecified atom stereocenters. The first kappa shape index (κ1) is 11.2. The Bertz CT molecular complexity index is 398. The van der Waals surface area contributed by atoms with Gasteiger partial charge >= 0.3 is 0 Å². The molecular weight excluding hydrogens is 192 g/mol. The zero-order valence-corrected chi connectivity index (χ0v) is 8.80. The van der Waals surface area contributed by atoms with Crippen molar-refractivity contribution in [2.45, 2.75) is 0 Å². The number of nitro benzene ring substituents is 1. The van der Waals surface area contributed by atoms with Crippen LogP contribution < -0.4 is 0 Å². The van der Waals surface area contributed by atoms with E-state index in [1.807, 2.05) is 31.3 Å². The zero-order valence-electron chi connectivity index (χ0n) is 8.80. The maximum atomic E-state index is 10.5. The van der Waals surface area contributed by atoms with Gasteiger partial charge in [-0.2, -0.15) is 0 Å². The molecule has 0 aliphatic heterocycles. The summed E-state index contributed by atoms with van der Waals surface area (Å²) in [7, 11) is 3.81. The Morgan fingerprint density at radius 2 is 2.13 bits per heavy atom. The lowest BCUT2D eigenvalue weighted by atomic mass is 10.1. The van der Waals surface area contributed by atoms with Crippen LogP contribution in [-0.4, -0.2) is 23.9 Å². The van der Waals surface area contributed by atoms with Crippen molar-refractivity contribution in [1.82, 2.24) is 4.90 Å². The molecular formula is C11H13N2O2. The molecule has 0 atom stereocenters. The van der Waals surface area contributed by atoms with Crippen LogP contribution in [0.4, 0.5) is 5.69 Å². The fraction of sp³-hybridized carbons (Fsp3) is 0.182. The van der Waals surface area contributed by atoms with Gasteiger partial charge in [0.25, 0.3) is 5.69 Å². The van der Waals surface area contributed by atoms with Gasteiger partial charge in [0.05, 0.1) is 4.92 Å². The van der Waals surface area contributed by atoms with E-state index < -0.39 is 4.92 Å². The highest BCUT2D eigenvalue weighted by Gasteiger charge is 2.06. The van der Waals surface area contributed by atoms with E-state index in [0.717, 1.165) is 5.56 Å². The van der Waals surface area contributed by atoms with Crippen molar-refractivity contribution < 1.29 is 4.92 Å². The SMILES string of the molecule is [CH2]c1cc([N+](=O)[O-])ccc1C=CN(C)C. The first-order valence-electron chi connectivity index (χ1n) is 4.45. The second-order valence-corrected chi connectivity index (χ2v) is 3.42. The third-order valence-corrected chi connectivity index (χ3v) is 1.89. The average molecular weight is 205 g/mol. The predicted octanol–water partition coefficient (Wildman–Crippen LogP) is 2.31. The predicted molar refractivity (Wildman–Crippen MR) is 60.3 cm³/mol. The van der Waals surface area contributed by atoms with Crippen molar-refractivity contribution in [1.29, 1.82) is 0 Å². The number of non-ortho nitro benzene ring substituents is 1. The summed E-state index contributed by atoms with van der Waals surface area (Å²) in [5, 5.41) is 10.5. The maximum Gasteiger partial charge on any atom is 0.269 e. The fourth-order valence-corrected chi connectivity index (χ4v) is 1.10. The minimum absolute atomic E-state index is 0.0713. The monoisotopic (exact) mass is 205 g/mol. The first-order chi connectivity index (χ1) is 7.00. The molecule has 1 radical (unpaired) electrons. The van der Waals surface area contributed by atoms with E-state index in [2.05, 4.69) is 6.92 Å². The molecule has 79 valence electrons. The lowest BCUT2D eigenvalue weighted by molar-refractivity contribution is -0.384. The Balaban J connectivity index is 2.98. The minimum atomic E-state index is -0.422. The van der Waals surface area contributed by atoms with E-state index >= 15 is 0 Å². The highest BCUT2D eigenvalue weighted by Crippen LogP contribution is 2.18. The molecule has 1 aromatic carbocycles. The molecule has 0 fully saturated rings. The lowest BCUT2D eigenvalue weighted by Gasteiger charge is -2.04. The molecule has 15 heavy (non-hydrogen) atoms. The van der Waals surface area contributed by atoms with Gasteiger partial charge in [0, 0.05) is 26.2 Å². The molecule has 0 bridgehead atoms. The smallest absolute Gasteiger partial charge is 0.269 e.